The zero-order valence-corrected chi connectivity index (χ0v) is 19.7. The molecule has 0 aromatic rings. The molecule has 4 atom stereocenters. The van der Waals surface area contributed by atoms with Gasteiger partial charge in [0.2, 0.25) is 23.6 Å². The quantitative estimate of drug-likeness (QED) is 0.0785. The van der Waals surface area contributed by atoms with Crippen LogP contribution in [0, 0.1) is 0 Å². The van der Waals surface area contributed by atoms with E-state index in [9.17, 15) is 29.1 Å². The fourth-order valence-corrected chi connectivity index (χ4v) is 4.26. The summed E-state index contributed by atoms with van der Waals surface area (Å²) in [5.74, 6) is -3.50. The number of amides is 4. The van der Waals surface area contributed by atoms with E-state index >= 15 is 0 Å². The number of carboxylic acid groups (broad SMARTS) is 1. The third-order valence-corrected chi connectivity index (χ3v) is 6.07. The van der Waals surface area contributed by atoms with Crippen molar-refractivity contribution in [2.45, 2.75) is 75.5 Å². The molecule has 0 aromatic heterocycles. The summed E-state index contributed by atoms with van der Waals surface area (Å²) in [6.45, 7) is 1.36. The summed E-state index contributed by atoms with van der Waals surface area (Å²) in [5.41, 5.74) is 15.7. The molecule has 2 aliphatic rings. The molecule has 35 heavy (non-hydrogen) atoms. The van der Waals surface area contributed by atoms with Crippen molar-refractivity contribution in [1.82, 2.24) is 20.9 Å². The first-order valence-corrected chi connectivity index (χ1v) is 11.8. The molecule has 0 aromatic carbocycles. The third-order valence-electron chi connectivity index (χ3n) is 6.07. The van der Waals surface area contributed by atoms with Crippen molar-refractivity contribution < 1.29 is 29.1 Å². The number of carbonyl (C=O) groups is 5. The van der Waals surface area contributed by atoms with Gasteiger partial charge in [0.1, 0.15) is 18.1 Å². The molecule has 2 heterocycles. The molecule has 14 heteroatoms. The van der Waals surface area contributed by atoms with Crippen molar-refractivity contribution in [3.05, 3.63) is 0 Å². The topological polar surface area (TPSA) is 235 Å². The normalized spacial score (nSPS) is 21.1. The van der Waals surface area contributed by atoms with E-state index in [4.69, 9.17) is 17.2 Å². The highest BCUT2D eigenvalue weighted by Crippen LogP contribution is 2.21. The van der Waals surface area contributed by atoms with Gasteiger partial charge in [0.05, 0.1) is 6.04 Å². The van der Waals surface area contributed by atoms with E-state index in [1.807, 2.05) is 0 Å². The van der Waals surface area contributed by atoms with E-state index < -0.39 is 41.8 Å². The van der Waals surface area contributed by atoms with Crippen LogP contribution in [0.3, 0.4) is 0 Å². The summed E-state index contributed by atoms with van der Waals surface area (Å²) >= 11 is 0. The average molecular weight is 497 g/mol. The molecule has 10 N–H and O–H groups in total. The number of rotatable bonds is 13. The lowest BCUT2D eigenvalue weighted by Gasteiger charge is -2.28. The molecule has 0 aliphatic carbocycles. The summed E-state index contributed by atoms with van der Waals surface area (Å²) in [7, 11) is 0. The van der Waals surface area contributed by atoms with Crippen molar-refractivity contribution in [2.75, 3.05) is 19.6 Å². The van der Waals surface area contributed by atoms with Crippen LogP contribution in [0.5, 0.6) is 0 Å². The first-order chi connectivity index (χ1) is 16.6. The van der Waals surface area contributed by atoms with Crippen LogP contribution in [0.1, 0.15) is 51.4 Å². The second kappa shape index (κ2) is 13.5. The van der Waals surface area contributed by atoms with Gasteiger partial charge in [-0.2, -0.15) is 0 Å². The molecule has 0 saturated carbocycles. The first-order valence-electron chi connectivity index (χ1n) is 11.8. The van der Waals surface area contributed by atoms with E-state index in [0.717, 1.165) is 13.0 Å². The van der Waals surface area contributed by atoms with Crippen molar-refractivity contribution in [2.24, 2.45) is 22.2 Å². The van der Waals surface area contributed by atoms with Gasteiger partial charge >= 0.3 is 5.97 Å². The van der Waals surface area contributed by atoms with Crippen LogP contribution >= 0.6 is 0 Å². The highest BCUT2D eigenvalue weighted by molar-refractivity contribution is 5.94. The van der Waals surface area contributed by atoms with E-state index in [1.54, 1.807) is 0 Å². The second-order valence-corrected chi connectivity index (χ2v) is 8.75. The van der Waals surface area contributed by atoms with Crippen molar-refractivity contribution in [3.63, 3.8) is 0 Å². The molecule has 0 bridgehead atoms. The average Bonchev–Trinajstić information content (AvgIpc) is 3.49. The summed E-state index contributed by atoms with van der Waals surface area (Å²) in [4.78, 5) is 67.0. The highest BCUT2D eigenvalue weighted by atomic mass is 16.4. The molecule has 14 nitrogen and oxygen atoms in total. The van der Waals surface area contributed by atoms with E-state index in [-0.39, 0.29) is 43.7 Å². The molecule has 2 saturated heterocycles. The summed E-state index contributed by atoms with van der Waals surface area (Å²) < 4.78 is 0. The molecular weight excluding hydrogens is 460 g/mol. The highest BCUT2D eigenvalue weighted by Gasteiger charge is 2.39. The zero-order valence-electron chi connectivity index (χ0n) is 19.7. The zero-order chi connectivity index (χ0) is 26.0. The molecule has 0 radical (unpaired) electrons. The van der Waals surface area contributed by atoms with Gasteiger partial charge in [-0.25, -0.2) is 4.79 Å². The predicted octanol–water partition coefficient (Wildman–Crippen LogP) is -2.90. The Kier molecular flexibility index (Phi) is 10.7. The van der Waals surface area contributed by atoms with Crippen molar-refractivity contribution in [1.29, 1.82) is 0 Å². The number of nitrogens with one attached hydrogen (secondary N) is 3. The lowest BCUT2D eigenvalue weighted by molar-refractivity contribution is -0.143. The Morgan fingerprint density at radius 2 is 1.77 bits per heavy atom. The summed E-state index contributed by atoms with van der Waals surface area (Å²) in [6.07, 6.45) is 2.70. The third kappa shape index (κ3) is 8.70. The van der Waals surface area contributed by atoms with E-state index in [0.29, 0.717) is 32.2 Å². The number of primary amides is 1. The van der Waals surface area contributed by atoms with Gasteiger partial charge in [-0.05, 0) is 51.5 Å². The predicted molar refractivity (Wildman–Crippen MR) is 126 cm³/mol. The smallest absolute Gasteiger partial charge is 0.326 e. The minimum Gasteiger partial charge on any atom is -0.480 e. The molecule has 2 fully saturated rings. The fraction of sp³-hybridized carbons (Fsp3) is 0.714. The van der Waals surface area contributed by atoms with Crippen LogP contribution in [-0.2, 0) is 24.0 Å². The Hall–Kier alpha value is -3.42. The monoisotopic (exact) mass is 496 g/mol. The molecule has 196 valence electrons. The number of hydrogen-bond donors (Lipinski definition) is 7. The minimum atomic E-state index is -1.26. The van der Waals surface area contributed by atoms with Gasteiger partial charge in [0.25, 0.3) is 0 Å². The lowest BCUT2D eigenvalue weighted by atomic mass is 10.1. The number of guanidine groups is 1. The number of carbonyl (C=O) groups excluding carboxylic acids is 4. The Balaban J connectivity index is 2.04. The Morgan fingerprint density at radius 3 is 2.37 bits per heavy atom. The lowest BCUT2D eigenvalue weighted by Crippen LogP contribution is -2.56. The number of nitrogens with two attached hydrogens (primary N) is 3. The van der Waals surface area contributed by atoms with Gasteiger partial charge in [0, 0.05) is 19.5 Å². The van der Waals surface area contributed by atoms with E-state index in [2.05, 4.69) is 20.9 Å². The fourth-order valence-electron chi connectivity index (χ4n) is 4.26. The maximum absolute atomic E-state index is 13.1. The maximum Gasteiger partial charge on any atom is 0.326 e. The van der Waals surface area contributed by atoms with Crippen LogP contribution in [-0.4, -0.2) is 89.4 Å². The standard InChI is InChI=1S/C21H36N8O6/c22-16(30)8-7-12(17(31)28-14(20(34)35)5-2-10-26-21(23)24)27-18(32)15-6-3-11-29(15)19(33)13-4-1-9-25-13/h12-15,25H,1-11H2,(H2,22,30)(H,27,32)(H,28,31)(H,34,35)(H4,23,24,26). The van der Waals surface area contributed by atoms with Gasteiger partial charge < -0.3 is 43.2 Å². The van der Waals surface area contributed by atoms with Crippen LogP contribution < -0.4 is 33.2 Å². The first kappa shape index (κ1) is 27.8. The van der Waals surface area contributed by atoms with Crippen molar-refractivity contribution >= 4 is 35.6 Å². The molecule has 2 rings (SSSR count). The number of hydrogen-bond acceptors (Lipinski definition) is 7. The maximum atomic E-state index is 13.1. The van der Waals surface area contributed by atoms with Gasteiger partial charge in [-0.3, -0.25) is 24.2 Å². The van der Waals surface area contributed by atoms with Crippen molar-refractivity contribution in [3.8, 4) is 0 Å². The number of nitrogens with zero attached hydrogens (tertiary/aromatic N) is 2. The molecule has 0 spiro atoms. The number of carboxylic acids is 1. The minimum absolute atomic E-state index is 0.0492. The largest absolute Gasteiger partial charge is 0.480 e. The number of aliphatic imine (C=N–C) groups is 1. The molecular formula is C21H36N8O6. The SMILES string of the molecule is NC(=O)CCC(NC(=O)C1CCCN1C(=O)C1CCCN1)C(=O)NC(CCCN=C(N)N)C(=O)O. The van der Waals surface area contributed by atoms with Crippen LogP contribution in [0.4, 0.5) is 0 Å². The molecule has 4 unspecified atom stereocenters. The van der Waals surface area contributed by atoms with Crippen LogP contribution in [0.25, 0.3) is 0 Å². The number of aliphatic carboxylic acids is 1. The Labute approximate surface area is 203 Å². The molecule has 2 aliphatic heterocycles. The van der Waals surface area contributed by atoms with Gasteiger partial charge in [-0.15, -0.1) is 0 Å². The van der Waals surface area contributed by atoms with E-state index in [1.165, 1.54) is 4.90 Å². The second-order valence-electron chi connectivity index (χ2n) is 8.75. The summed E-state index contributed by atoms with van der Waals surface area (Å²) in [6, 6.07) is -3.52. The van der Waals surface area contributed by atoms with Crippen LogP contribution in [0.15, 0.2) is 4.99 Å². The summed E-state index contributed by atoms with van der Waals surface area (Å²) in [5, 5.41) is 17.6. The Bertz CT molecular complexity index is 825. The number of likely N-dealkylation sites (tertiary alicyclic amines) is 1. The van der Waals surface area contributed by atoms with Crippen LogP contribution in [0.2, 0.25) is 0 Å². The molecule has 4 amide bonds. The van der Waals surface area contributed by atoms with Gasteiger partial charge in [0.15, 0.2) is 5.96 Å². The van der Waals surface area contributed by atoms with Gasteiger partial charge in [-0.1, -0.05) is 0 Å². The Morgan fingerprint density at radius 1 is 1.03 bits per heavy atom.